The van der Waals surface area contributed by atoms with Crippen molar-refractivity contribution in [3.8, 4) is 0 Å². The van der Waals surface area contributed by atoms with Gasteiger partial charge in [-0.15, -0.1) is 0 Å². The maximum Gasteiger partial charge on any atom is 0.128 e. The first kappa shape index (κ1) is 12.0. The summed E-state index contributed by atoms with van der Waals surface area (Å²) in [6.07, 6.45) is 0.909. The summed E-state index contributed by atoms with van der Waals surface area (Å²) in [5, 5.41) is 0. The first-order chi connectivity index (χ1) is 8.22. The van der Waals surface area contributed by atoms with Crippen LogP contribution in [0.25, 0.3) is 0 Å². The fraction of sp³-hybridized carbons (Fsp3) is 0.462. The lowest BCUT2D eigenvalue weighted by Crippen LogP contribution is -2.44. The molecule has 0 aromatic heterocycles. The lowest BCUT2D eigenvalue weighted by molar-refractivity contribution is -0.107. The molecule has 4 heteroatoms. The Morgan fingerprint density at radius 3 is 2.65 bits per heavy atom. The number of hydrogen-bond donors (Lipinski definition) is 0. The summed E-state index contributed by atoms with van der Waals surface area (Å²) in [5.41, 5.74) is 1.39. The molecule has 1 aromatic rings. The van der Waals surface area contributed by atoms with Gasteiger partial charge in [-0.25, -0.2) is 4.39 Å². The quantitative estimate of drug-likeness (QED) is 0.739. The molecule has 92 valence electrons. The molecule has 2 rings (SSSR count). The molecule has 0 bridgehead atoms. The monoisotopic (exact) mass is 236 g/mol. The number of rotatable bonds is 3. The van der Waals surface area contributed by atoms with E-state index in [0.717, 1.165) is 38.2 Å². The summed E-state index contributed by atoms with van der Waals surface area (Å²) in [6.45, 7) is 3.70. The number of carbonyl (C=O) groups is 1. The Morgan fingerprint density at radius 1 is 1.29 bits per heavy atom. The number of halogens is 1. The number of benzene rings is 1. The highest BCUT2D eigenvalue weighted by atomic mass is 19.1. The molecule has 17 heavy (non-hydrogen) atoms. The summed E-state index contributed by atoms with van der Waals surface area (Å²) >= 11 is 0. The highest BCUT2D eigenvalue weighted by Gasteiger charge is 2.18. The predicted octanol–water partition coefficient (Wildman–Crippen LogP) is 1.32. The number of aldehydes is 1. The maximum absolute atomic E-state index is 13.7. The number of carbonyl (C=O) groups excluding carboxylic acids is 1. The van der Waals surface area contributed by atoms with Gasteiger partial charge in [0.2, 0.25) is 0 Å². The molecule has 3 nitrogen and oxygen atoms in total. The number of hydrogen-bond acceptors (Lipinski definition) is 3. The van der Waals surface area contributed by atoms with Crippen LogP contribution in [0, 0.1) is 5.82 Å². The molecule has 0 spiro atoms. The van der Waals surface area contributed by atoms with Crippen molar-refractivity contribution < 1.29 is 9.18 Å². The van der Waals surface area contributed by atoms with E-state index in [-0.39, 0.29) is 12.2 Å². The van der Waals surface area contributed by atoms with E-state index in [2.05, 4.69) is 16.8 Å². The minimum atomic E-state index is -0.284. The molecule has 1 aliphatic heterocycles. The Bertz CT molecular complexity index is 400. The van der Waals surface area contributed by atoms with Crippen LogP contribution in [-0.2, 0) is 11.2 Å². The van der Waals surface area contributed by atoms with Crippen molar-refractivity contribution in [3.63, 3.8) is 0 Å². The largest absolute Gasteiger partial charge is 0.369 e. The lowest BCUT2D eigenvalue weighted by atomic mass is 10.1. The van der Waals surface area contributed by atoms with E-state index in [9.17, 15) is 9.18 Å². The summed E-state index contributed by atoms with van der Waals surface area (Å²) in [6, 6.07) is 5.02. The third-order valence-electron chi connectivity index (χ3n) is 3.23. The van der Waals surface area contributed by atoms with E-state index in [1.54, 1.807) is 6.07 Å². The first-order valence-corrected chi connectivity index (χ1v) is 5.87. The normalized spacial score (nSPS) is 17.2. The summed E-state index contributed by atoms with van der Waals surface area (Å²) < 4.78 is 13.7. The first-order valence-electron chi connectivity index (χ1n) is 5.87. The van der Waals surface area contributed by atoms with Crippen LogP contribution < -0.4 is 4.90 Å². The van der Waals surface area contributed by atoms with Gasteiger partial charge in [-0.05, 0) is 19.2 Å². The Balaban J connectivity index is 2.25. The number of likely N-dealkylation sites (N-methyl/N-ethyl adjacent to an activating group) is 1. The van der Waals surface area contributed by atoms with Gasteiger partial charge in [0, 0.05) is 43.9 Å². The van der Waals surface area contributed by atoms with Gasteiger partial charge in [0.05, 0.1) is 0 Å². The zero-order chi connectivity index (χ0) is 12.3. The fourth-order valence-electron chi connectivity index (χ4n) is 2.18. The van der Waals surface area contributed by atoms with Crippen LogP contribution >= 0.6 is 0 Å². The highest BCUT2D eigenvalue weighted by molar-refractivity contribution is 5.64. The molecule has 0 aliphatic carbocycles. The van der Waals surface area contributed by atoms with E-state index in [0.29, 0.717) is 5.56 Å². The van der Waals surface area contributed by atoms with Crippen molar-refractivity contribution in [1.82, 2.24) is 4.90 Å². The second kappa shape index (κ2) is 5.27. The van der Waals surface area contributed by atoms with E-state index in [4.69, 9.17) is 0 Å². The van der Waals surface area contributed by atoms with E-state index in [1.165, 1.54) is 6.07 Å². The van der Waals surface area contributed by atoms with Crippen molar-refractivity contribution in [2.45, 2.75) is 6.42 Å². The Morgan fingerprint density at radius 2 is 2.00 bits per heavy atom. The van der Waals surface area contributed by atoms with Gasteiger partial charge in [0.15, 0.2) is 0 Å². The Labute approximate surface area is 101 Å². The van der Waals surface area contributed by atoms with Crippen LogP contribution in [-0.4, -0.2) is 44.4 Å². The van der Waals surface area contributed by atoms with Gasteiger partial charge in [-0.2, -0.15) is 0 Å². The third kappa shape index (κ3) is 2.64. The predicted molar refractivity (Wildman–Crippen MR) is 65.9 cm³/mol. The minimum Gasteiger partial charge on any atom is -0.369 e. The second-order valence-corrected chi connectivity index (χ2v) is 4.40. The van der Waals surface area contributed by atoms with Crippen LogP contribution in [0.5, 0.6) is 0 Å². The van der Waals surface area contributed by atoms with Crippen LogP contribution in [0.1, 0.15) is 5.56 Å². The van der Waals surface area contributed by atoms with Crippen molar-refractivity contribution in [2.24, 2.45) is 0 Å². The van der Waals surface area contributed by atoms with Crippen molar-refractivity contribution in [1.29, 1.82) is 0 Å². The van der Waals surface area contributed by atoms with Crippen molar-refractivity contribution in [3.05, 3.63) is 29.6 Å². The Hall–Kier alpha value is -1.42. The Kier molecular flexibility index (Phi) is 3.74. The topological polar surface area (TPSA) is 23.6 Å². The van der Waals surface area contributed by atoms with Gasteiger partial charge in [-0.1, -0.05) is 6.07 Å². The van der Waals surface area contributed by atoms with Gasteiger partial charge in [-0.3, -0.25) is 0 Å². The summed E-state index contributed by atoms with van der Waals surface area (Å²) in [7, 11) is 2.08. The number of piperazine rings is 1. The molecule has 0 radical (unpaired) electrons. The zero-order valence-electron chi connectivity index (χ0n) is 10.0. The molecular formula is C13H17FN2O. The fourth-order valence-corrected chi connectivity index (χ4v) is 2.18. The SMILES string of the molecule is CN1CCN(c2cccc(F)c2CC=O)CC1. The minimum absolute atomic E-state index is 0.147. The van der Waals surface area contributed by atoms with Gasteiger partial charge in [0.1, 0.15) is 12.1 Å². The smallest absolute Gasteiger partial charge is 0.128 e. The number of anilines is 1. The molecule has 0 saturated carbocycles. The molecule has 1 fully saturated rings. The molecule has 1 aromatic carbocycles. The molecule has 0 N–H and O–H groups in total. The van der Waals surface area contributed by atoms with Crippen LogP contribution in [0.15, 0.2) is 18.2 Å². The lowest BCUT2D eigenvalue weighted by Gasteiger charge is -2.35. The van der Waals surface area contributed by atoms with E-state index in [1.807, 2.05) is 6.07 Å². The third-order valence-corrected chi connectivity index (χ3v) is 3.23. The van der Waals surface area contributed by atoms with Crippen LogP contribution in [0.2, 0.25) is 0 Å². The molecule has 1 aliphatic rings. The molecule has 0 amide bonds. The van der Waals surface area contributed by atoms with Crippen LogP contribution in [0.4, 0.5) is 10.1 Å². The highest BCUT2D eigenvalue weighted by Crippen LogP contribution is 2.24. The van der Waals surface area contributed by atoms with E-state index < -0.39 is 0 Å². The maximum atomic E-state index is 13.7. The van der Waals surface area contributed by atoms with Crippen molar-refractivity contribution >= 4 is 12.0 Å². The zero-order valence-corrected chi connectivity index (χ0v) is 10.0. The average Bonchev–Trinajstić information content (AvgIpc) is 2.33. The molecule has 0 unspecified atom stereocenters. The van der Waals surface area contributed by atoms with Crippen molar-refractivity contribution in [2.75, 3.05) is 38.1 Å². The molecule has 0 atom stereocenters. The summed E-state index contributed by atoms with van der Waals surface area (Å²) in [5.74, 6) is -0.284. The number of nitrogens with zero attached hydrogens (tertiary/aromatic N) is 2. The summed E-state index contributed by atoms with van der Waals surface area (Å²) in [4.78, 5) is 15.0. The van der Waals surface area contributed by atoms with Gasteiger partial charge >= 0.3 is 0 Å². The van der Waals surface area contributed by atoms with E-state index >= 15 is 0 Å². The molecule has 1 saturated heterocycles. The van der Waals surface area contributed by atoms with Gasteiger partial charge < -0.3 is 14.6 Å². The molecule has 1 heterocycles. The standard InChI is InChI=1S/C13H17FN2O/c1-15-6-8-16(9-7-15)13-4-2-3-12(14)11(13)5-10-17/h2-4,10H,5-9H2,1H3. The molecular weight excluding hydrogens is 219 g/mol. The average molecular weight is 236 g/mol. The van der Waals surface area contributed by atoms with Gasteiger partial charge in [0.25, 0.3) is 0 Å². The van der Waals surface area contributed by atoms with Crippen LogP contribution in [0.3, 0.4) is 0 Å². The second-order valence-electron chi connectivity index (χ2n) is 4.40.